The maximum absolute atomic E-state index is 11.7. The van der Waals surface area contributed by atoms with Crippen LogP contribution in [0.25, 0.3) is 0 Å². The fourth-order valence-corrected chi connectivity index (χ4v) is 2.48. The molecule has 1 aromatic carbocycles. The molecule has 1 aliphatic heterocycles. The predicted octanol–water partition coefficient (Wildman–Crippen LogP) is -0.0889. The molecule has 1 heterocycles. The topological polar surface area (TPSA) is 121 Å². The van der Waals surface area contributed by atoms with Crippen LogP contribution in [0.5, 0.6) is 0 Å². The molecule has 1 aromatic rings. The zero-order chi connectivity index (χ0) is 15.1. The number of benzene rings is 1. The van der Waals surface area contributed by atoms with Gasteiger partial charge in [0.25, 0.3) is 10.1 Å². The number of carbonyl (C=O) groups excluding carboxylic acids is 3. The van der Waals surface area contributed by atoms with Crippen LogP contribution in [0.3, 0.4) is 0 Å². The van der Waals surface area contributed by atoms with Crippen molar-refractivity contribution in [2.45, 2.75) is 11.3 Å². The van der Waals surface area contributed by atoms with Crippen molar-refractivity contribution in [1.82, 2.24) is 5.32 Å². The molecule has 1 saturated heterocycles. The van der Waals surface area contributed by atoms with Gasteiger partial charge in [0.2, 0.25) is 11.8 Å². The summed E-state index contributed by atoms with van der Waals surface area (Å²) in [7, 11) is -4.55. The quantitative estimate of drug-likeness (QED) is 0.440. The number of anilines is 1. The van der Waals surface area contributed by atoms with Crippen molar-refractivity contribution in [2.75, 3.05) is 4.90 Å². The average Bonchev–Trinajstić information content (AvgIpc) is 2.25. The number of nitrogens with one attached hydrogen (secondary N) is 1. The van der Waals surface area contributed by atoms with E-state index in [1.54, 1.807) is 0 Å². The Labute approximate surface area is 146 Å². The van der Waals surface area contributed by atoms with Crippen LogP contribution in [0.15, 0.2) is 23.1 Å². The minimum atomic E-state index is -4.55. The predicted molar refractivity (Wildman–Crippen MR) is 74.1 cm³/mol. The SMILES string of the molecule is O=C1CC(=O)N(c2cc(Cl)cc(S(=O)(=O)O)c2)C(=O)N1.[NaH]. The van der Waals surface area contributed by atoms with Crippen LogP contribution < -0.4 is 10.2 Å². The van der Waals surface area contributed by atoms with Gasteiger partial charge < -0.3 is 0 Å². The van der Waals surface area contributed by atoms with Gasteiger partial charge in [0.1, 0.15) is 6.42 Å². The number of barbiturate groups is 1. The van der Waals surface area contributed by atoms with Crippen molar-refractivity contribution in [2.24, 2.45) is 0 Å². The summed E-state index contributed by atoms with van der Waals surface area (Å²) in [4.78, 5) is 34.3. The van der Waals surface area contributed by atoms with Gasteiger partial charge in [-0.25, -0.2) is 9.69 Å². The number of amides is 4. The Balaban J connectivity index is 0.00000220. The number of rotatable bonds is 2. The van der Waals surface area contributed by atoms with Gasteiger partial charge in [0.15, 0.2) is 0 Å². The second-order valence-electron chi connectivity index (χ2n) is 3.88. The Morgan fingerprint density at radius 1 is 1.19 bits per heavy atom. The van der Waals surface area contributed by atoms with Gasteiger partial charge >= 0.3 is 35.6 Å². The molecule has 1 aliphatic rings. The first-order valence-corrected chi connectivity index (χ1v) is 6.95. The molecule has 0 spiro atoms. The standard InChI is InChI=1S/C10H7ClN2O6S.Na.H/c11-5-1-6(3-7(2-5)20(17,18)19)13-9(15)4-8(14)12-10(13)16;;/h1-3H,4H2,(H,12,14,16)(H,17,18,19);;. The molecule has 2 rings (SSSR count). The summed E-state index contributed by atoms with van der Waals surface area (Å²) in [6, 6.07) is 1.99. The van der Waals surface area contributed by atoms with Crippen LogP contribution in [0, 0.1) is 0 Å². The third-order valence-electron chi connectivity index (χ3n) is 2.42. The second kappa shape index (κ2) is 6.42. The Morgan fingerprint density at radius 3 is 2.33 bits per heavy atom. The van der Waals surface area contributed by atoms with E-state index in [9.17, 15) is 22.8 Å². The van der Waals surface area contributed by atoms with Gasteiger partial charge in [-0.05, 0) is 18.2 Å². The molecule has 0 bridgehead atoms. The first kappa shape index (κ1) is 18.1. The van der Waals surface area contributed by atoms with Crippen LogP contribution in [0.4, 0.5) is 10.5 Å². The molecule has 0 unspecified atom stereocenters. The summed E-state index contributed by atoms with van der Waals surface area (Å²) < 4.78 is 31.1. The van der Waals surface area contributed by atoms with Gasteiger partial charge in [-0.3, -0.25) is 19.5 Å². The average molecular weight is 343 g/mol. The van der Waals surface area contributed by atoms with E-state index in [1.807, 2.05) is 5.32 Å². The Bertz CT molecular complexity index is 715. The number of halogens is 1. The zero-order valence-corrected chi connectivity index (χ0v) is 11.2. The number of nitrogens with zero attached hydrogens (tertiary/aromatic N) is 1. The minimum absolute atomic E-state index is 0. The molecule has 108 valence electrons. The second-order valence-corrected chi connectivity index (χ2v) is 5.74. The first-order valence-electron chi connectivity index (χ1n) is 5.13. The van der Waals surface area contributed by atoms with Crippen LogP contribution in [-0.4, -0.2) is 60.4 Å². The summed E-state index contributed by atoms with van der Waals surface area (Å²) in [5.41, 5.74) is -0.167. The first-order chi connectivity index (χ1) is 9.18. The van der Waals surface area contributed by atoms with Crippen molar-refractivity contribution in [3.63, 3.8) is 0 Å². The van der Waals surface area contributed by atoms with Gasteiger partial charge in [-0.2, -0.15) is 8.42 Å². The van der Waals surface area contributed by atoms with E-state index in [4.69, 9.17) is 16.2 Å². The number of carbonyl (C=O) groups is 3. The molecular weight excluding hydrogens is 335 g/mol. The third kappa shape index (κ3) is 4.02. The van der Waals surface area contributed by atoms with Crippen LogP contribution in [0.2, 0.25) is 5.02 Å². The fraction of sp³-hybridized carbons (Fsp3) is 0.100. The summed E-state index contributed by atoms with van der Waals surface area (Å²) in [5, 5.41) is 1.80. The van der Waals surface area contributed by atoms with Gasteiger partial charge in [0.05, 0.1) is 10.6 Å². The molecule has 0 aliphatic carbocycles. The van der Waals surface area contributed by atoms with E-state index in [1.165, 1.54) is 0 Å². The fourth-order valence-electron chi connectivity index (χ4n) is 1.64. The molecule has 8 nitrogen and oxygen atoms in total. The Kier molecular flexibility index (Phi) is 5.53. The zero-order valence-electron chi connectivity index (χ0n) is 9.66. The molecule has 0 atom stereocenters. The molecule has 0 saturated carbocycles. The molecular formula is C10H8ClN2NaO6S. The maximum atomic E-state index is 11.7. The van der Waals surface area contributed by atoms with Crippen LogP contribution in [0.1, 0.15) is 6.42 Å². The summed E-state index contributed by atoms with van der Waals surface area (Å²) in [6.07, 6.45) is -0.556. The normalized spacial score (nSPS) is 15.5. The van der Waals surface area contributed by atoms with E-state index in [0.717, 1.165) is 18.2 Å². The summed E-state index contributed by atoms with van der Waals surface area (Å²) in [6.45, 7) is 0. The van der Waals surface area contributed by atoms with E-state index >= 15 is 0 Å². The number of urea groups is 1. The van der Waals surface area contributed by atoms with Gasteiger partial charge in [-0.15, -0.1) is 0 Å². The van der Waals surface area contributed by atoms with E-state index < -0.39 is 39.3 Å². The molecule has 4 amide bonds. The monoisotopic (exact) mass is 342 g/mol. The van der Waals surface area contributed by atoms with Crippen molar-refractivity contribution in [3.8, 4) is 0 Å². The summed E-state index contributed by atoms with van der Waals surface area (Å²) >= 11 is 5.69. The Hall–Kier alpha value is -0.970. The number of hydrogen-bond acceptors (Lipinski definition) is 5. The van der Waals surface area contributed by atoms with Crippen LogP contribution >= 0.6 is 11.6 Å². The molecule has 11 heteroatoms. The summed E-state index contributed by atoms with van der Waals surface area (Å²) in [5.74, 6) is -1.59. The Morgan fingerprint density at radius 2 is 1.81 bits per heavy atom. The molecule has 21 heavy (non-hydrogen) atoms. The van der Waals surface area contributed by atoms with Crippen molar-refractivity contribution < 1.29 is 27.4 Å². The molecule has 2 N–H and O–H groups in total. The van der Waals surface area contributed by atoms with E-state index in [2.05, 4.69) is 0 Å². The number of hydrogen-bond donors (Lipinski definition) is 2. The number of imide groups is 2. The molecule has 1 fully saturated rings. The van der Waals surface area contributed by atoms with Crippen LogP contribution in [-0.2, 0) is 19.7 Å². The third-order valence-corrected chi connectivity index (χ3v) is 3.47. The molecule has 0 aromatic heterocycles. The van der Waals surface area contributed by atoms with E-state index in [-0.39, 0.29) is 40.3 Å². The van der Waals surface area contributed by atoms with Crippen molar-refractivity contribution in [3.05, 3.63) is 23.2 Å². The van der Waals surface area contributed by atoms with Gasteiger partial charge in [0, 0.05) is 5.02 Å². The van der Waals surface area contributed by atoms with E-state index in [0.29, 0.717) is 4.90 Å². The molecule has 0 radical (unpaired) electrons. The van der Waals surface area contributed by atoms with Gasteiger partial charge in [-0.1, -0.05) is 11.6 Å². The van der Waals surface area contributed by atoms with Crippen molar-refractivity contribution in [1.29, 1.82) is 0 Å². The van der Waals surface area contributed by atoms with Crippen molar-refractivity contribution >= 4 is 74.8 Å².